The highest BCUT2D eigenvalue weighted by Crippen LogP contribution is 2.36. The molecule has 4 rings (SSSR count). The average molecular weight is 510 g/mol. The molecule has 1 aliphatic carbocycles. The largest absolute Gasteiger partial charge is 0.443 e. The van der Waals surface area contributed by atoms with Crippen molar-refractivity contribution in [2.24, 2.45) is 0 Å². The van der Waals surface area contributed by atoms with Crippen molar-refractivity contribution in [2.45, 2.75) is 77.7 Å². The van der Waals surface area contributed by atoms with Gasteiger partial charge in [0, 0.05) is 56.7 Å². The van der Waals surface area contributed by atoms with Crippen molar-refractivity contribution < 1.29 is 14.3 Å². The van der Waals surface area contributed by atoms with Crippen LogP contribution in [0.3, 0.4) is 0 Å². The van der Waals surface area contributed by atoms with Gasteiger partial charge in [0.15, 0.2) is 0 Å². The lowest BCUT2D eigenvalue weighted by Gasteiger charge is -2.25. The second-order valence-electron chi connectivity index (χ2n) is 11.8. The Balaban J connectivity index is 1.70. The minimum absolute atomic E-state index is 0.415. The fourth-order valence-electron chi connectivity index (χ4n) is 3.83. The van der Waals surface area contributed by atoms with Crippen LogP contribution in [0.4, 0.5) is 16.4 Å². The number of ether oxygens (including phenoxy) is 2. The molecule has 1 aliphatic rings. The van der Waals surface area contributed by atoms with Crippen LogP contribution in [0.2, 0.25) is 25.7 Å². The maximum atomic E-state index is 12.8. The predicted octanol–water partition coefficient (Wildman–Crippen LogP) is 6.36. The van der Waals surface area contributed by atoms with Gasteiger partial charge in [-0.05, 0) is 63.9 Å². The molecule has 0 aromatic carbocycles. The van der Waals surface area contributed by atoms with Gasteiger partial charge in [-0.15, -0.1) is 0 Å². The minimum Gasteiger partial charge on any atom is -0.443 e. The van der Waals surface area contributed by atoms with E-state index in [0.29, 0.717) is 18.6 Å². The predicted molar refractivity (Wildman–Crippen MR) is 148 cm³/mol. The van der Waals surface area contributed by atoms with Gasteiger partial charge in [-0.1, -0.05) is 19.6 Å². The number of hydrogen-bond acceptors (Lipinski definition) is 6. The zero-order valence-electron chi connectivity index (χ0n) is 22.6. The molecule has 0 bridgehead atoms. The molecule has 1 saturated carbocycles. The number of anilines is 2. The summed E-state index contributed by atoms with van der Waals surface area (Å²) in [5.41, 5.74) is 2.03. The van der Waals surface area contributed by atoms with Crippen molar-refractivity contribution in [3.8, 4) is 11.1 Å². The first-order chi connectivity index (χ1) is 16.9. The van der Waals surface area contributed by atoms with E-state index in [1.807, 2.05) is 39.0 Å². The molecule has 1 N–H and O–H groups in total. The van der Waals surface area contributed by atoms with E-state index in [1.54, 1.807) is 13.2 Å². The van der Waals surface area contributed by atoms with Gasteiger partial charge in [0.05, 0.1) is 0 Å². The lowest BCUT2D eigenvalue weighted by molar-refractivity contribution is 0.0588. The smallest absolute Gasteiger partial charge is 0.415 e. The van der Waals surface area contributed by atoms with Crippen molar-refractivity contribution >= 4 is 36.8 Å². The van der Waals surface area contributed by atoms with Crippen molar-refractivity contribution in [1.82, 2.24) is 14.5 Å². The quantitative estimate of drug-likeness (QED) is 0.267. The molecular formula is C27H39N5O3Si. The molecule has 0 atom stereocenters. The van der Waals surface area contributed by atoms with E-state index in [9.17, 15) is 4.79 Å². The Kier molecular flexibility index (Phi) is 7.42. The Bertz CT molecular complexity index is 1220. The molecule has 0 aliphatic heterocycles. The van der Waals surface area contributed by atoms with Crippen LogP contribution in [0.5, 0.6) is 0 Å². The first-order valence-electron chi connectivity index (χ1n) is 12.7. The highest BCUT2D eigenvalue weighted by atomic mass is 28.3. The van der Waals surface area contributed by atoms with Crippen LogP contribution >= 0.6 is 0 Å². The molecule has 9 heteroatoms. The monoisotopic (exact) mass is 509 g/mol. The Labute approximate surface area is 215 Å². The molecule has 0 radical (unpaired) electrons. The lowest BCUT2D eigenvalue weighted by atomic mass is 10.1. The van der Waals surface area contributed by atoms with Gasteiger partial charge >= 0.3 is 6.09 Å². The number of fused-ring (bicyclic) bond motifs is 1. The zero-order valence-corrected chi connectivity index (χ0v) is 23.6. The van der Waals surface area contributed by atoms with Crippen molar-refractivity contribution in [3.05, 3.63) is 36.7 Å². The molecule has 1 amide bonds. The Morgan fingerprint density at radius 1 is 1.19 bits per heavy atom. The number of carbonyl (C=O) groups excluding carboxylic acids is 1. The van der Waals surface area contributed by atoms with E-state index in [4.69, 9.17) is 14.5 Å². The Morgan fingerprint density at radius 2 is 1.94 bits per heavy atom. The third kappa shape index (κ3) is 6.64. The summed E-state index contributed by atoms with van der Waals surface area (Å²) in [5, 5.41) is 4.48. The van der Waals surface area contributed by atoms with Crippen LogP contribution < -0.4 is 10.2 Å². The fourth-order valence-corrected chi connectivity index (χ4v) is 4.58. The average Bonchev–Trinajstić information content (AvgIpc) is 3.53. The summed E-state index contributed by atoms with van der Waals surface area (Å²) in [5.74, 6) is 1.40. The molecule has 0 spiro atoms. The van der Waals surface area contributed by atoms with E-state index in [0.717, 1.165) is 40.6 Å². The van der Waals surface area contributed by atoms with Crippen LogP contribution in [-0.4, -0.2) is 54.0 Å². The van der Waals surface area contributed by atoms with Crippen LogP contribution in [0.1, 0.15) is 33.6 Å². The van der Waals surface area contributed by atoms with Crippen LogP contribution in [0.15, 0.2) is 36.7 Å². The molecule has 0 saturated heterocycles. The number of aromatic nitrogens is 3. The summed E-state index contributed by atoms with van der Waals surface area (Å²) in [6.45, 7) is 13.8. The summed E-state index contributed by atoms with van der Waals surface area (Å²) >= 11 is 0. The number of nitrogens with zero attached hydrogens (tertiary/aromatic N) is 4. The van der Waals surface area contributed by atoms with Gasteiger partial charge in [0.25, 0.3) is 0 Å². The van der Waals surface area contributed by atoms with Gasteiger partial charge in [-0.2, -0.15) is 0 Å². The molecular weight excluding hydrogens is 470 g/mol. The third-order valence-electron chi connectivity index (χ3n) is 5.94. The van der Waals surface area contributed by atoms with Crippen molar-refractivity contribution in [2.75, 3.05) is 23.9 Å². The molecule has 8 nitrogen and oxygen atoms in total. The van der Waals surface area contributed by atoms with Crippen molar-refractivity contribution in [1.29, 1.82) is 0 Å². The summed E-state index contributed by atoms with van der Waals surface area (Å²) < 4.78 is 13.7. The molecule has 1 fully saturated rings. The number of carbonyl (C=O) groups is 1. The van der Waals surface area contributed by atoms with Gasteiger partial charge in [-0.25, -0.2) is 14.8 Å². The Morgan fingerprint density at radius 3 is 2.61 bits per heavy atom. The Hall–Kier alpha value is -2.91. The third-order valence-corrected chi connectivity index (χ3v) is 7.64. The first kappa shape index (κ1) is 26.2. The molecule has 194 valence electrons. The minimum atomic E-state index is -1.18. The maximum absolute atomic E-state index is 12.8. The second kappa shape index (κ2) is 10.2. The van der Waals surface area contributed by atoms with Crippen molar-refractivity contribution in [3.63, 3.8) is 0 Å². The normalized spacial score (nSPS) is 14.2. The summed E-state index contributed by atoms with van der Waals surface area (Å²) in [6.07, 6.45) is 5.66. The zero-order chi connectivity index (χ0) is 26.1. The van der Waals surface area contributed by atoms with Crippen LogP contribution in [-0.2, 0) is 16.2 Å². The summed E-state index contributed by atoms with van der Waals surface area (Å²) in [6, 6.07) is 9.59. The van der Waals surface area contributed by atoms with Crippen LogP contribution in [0.25, 0.3) is 22.2 Å². The number of hydrogen-bond donors (Lipinski definition) is 1. The van der Waals surface area contributed by atoms with E-state index in [-0.39, 0.29) is 0 Å². The highest BCUT2D eigenvalue weighted by Gasteiger charge is 2.26. The van der Waals surface area contributed by atoms with Gasteiger partial charge in [0.1, 0.15) is 29.6 Å². The molecule has 3 aromatic heterocycles. The fraction of sp³-hybridized carbons (Fsp3) is 0.519. The summed E-state index contributed by atoms with van der Waals surface area (Å²) in [7, 11) is 0.506. The molecule has 0 unspecified atom stereocenters. The van der Waals surface area contributed by atoms with E-state index in [2.05, 4.69) is 46.8 Å². The highest BCUT2D eigenvalue weighted by molar-refractivity contribution is 6.76. The maximum Gasteiger partial charge on any atom is 0.415 e. The van der Waals surface area contributed by atoms with Crippen LogP contribution in [0, 0.1) is 0 Å². The second-order valence-corrected chi connectivity index (χ2v) is 17.4. The van der Waals surface area contributed by atoms with Gasteiger partial charge in [0.2, 0.25) is 0 Å². The number of pyridine rings is 2. The molecule has 36 heavy (non-hydrogen) atoms. The standard InChI is InChI=1S/C27H39N5O3Si/c1-27(2,3)35-26(33)31(4)24-20(9-8-14-28-24)22-17-32(18-34-15-16-36(5,6)7)25-21(22)12-13-23(30-25)29-19-10-11-19/h8-9,12-14,17,19H,10-11,15-16,18H2,1-7H3,(H,29,30). The molecule has 3 aromatic rings. The molecule has 3 heterocycles. The topological polar surface area (TPSA) is 81.5 Å². The van der Waals surface area contributed by atoms with E-state index < -0.39 is 19.8 Å². The number of amides is 1. The van der Waals surface area contributed by atoms with Gasteiger partial charge < -0.3 is 19.4 Å². The number of rotatable bonds is 9. The van der Waals surface area contributed by atoms with Gasteiger partial charge in [-0.3, -0.25) is 4.90 Å². The van der Waals surface area contributed by atoms with E-state index in [1.165, 1.54) is 17.7 Å². The number of nitrogens with one attached hydrogen (secondary N) is 1. The first-order valence-corrected chi connectivity index (χ1v) is 16.4. The lowest BCUT2D eigenvalue weighted by Crippen LogP contribution is -2.34. The summed E-state index contributed by atoms with van der Waals surface area (Å²) in [4.78, 5) is 23.8. The SMILES string of the molecule is CN(C(=O)OC(C)(C)C)c1ncccc1-c1cn(COCC[Si](C)(C)C)c2nc(NC3CC3)ccc12. The van der Waals surface area contributed by atoms with E-state index >= 15 is 0 Å².